The molecule has 0 bridgehead atoms. The van der Waals surface area contributed by atoms with E-state index in [0.29, 0.717) is 18.3 Å². The fourth-order valence-corrected chi connectivity index (χ4v) is 2.01. The summed E-state index contributed by atoms with van der Waals surface area (Å²) in [6.45, 7) is 11.1. The topological polar surface area (TPSA) is 41.1 Å². The summed E-state index contributed by atoms with van der Waals surface area (Å²) < 4.78 is 0. The highest BCUT2D eigenvalue weighted by Gasteiger charge is 2.16. The molecular formula is C13H28N2O. The van der Waals surface area contributed by atoms with Crippen LogP contribution in [0.5, 0.6) is 0 Å². The molecule has 0 aromatic carbocycles. The van der Waals surface area contributed by atoms with Crippen molar-refractivity contribution in [2.75, 3.05) is 20.1 Å². The van der Waals surface area contributed by atoms with Gasteiger partial charge in [-0.1, -0.05) is 27.7 Å². The van der Waals surface area contributed by atoms with E-state index in [-0.39, 0.29) is 5.91 Å². The van der Waals surface area contributed by atoms with Gasteiger partial charge in [-0.3, -0.25) is 4.79 Å². The SMILES string of the molecule is CNC(=O)CCCNCC(C(C)C)C(C)C. The van der Waals surface area contributed by atoms with Gasteiger partial charge in [0.25, 0.3) is 0 Å². The third-order valence-electron chi connectivity index (χ3n) is 3.13. The molecule has 0 aromatic rings. The number of hydrogen-bond acceptors (Lipinski definition) is 2. The maximum Gasteiger partial charge on any atom is 0.219 e. The molecular weight excluding hydrogens is 200 g/mol. The third kappa shape index (κ3) is 6.83. The predicted molar refractivity (Wildman–Crippen MR) is 69.3 cm³/mol. The summed E-state index contributed by atoms with van der Waals surface area (Å²) in [6.07, 6.45) is 1.54. The number of nitrogens with one attached hydrogen (secondary N) is 2. The number of carbonyl (C=O) groups excluding carboxylic acids is 1. The fourth-order valence-electron chi connectivity index (χ4n) is 2.01. The van der Waals surface area contributed by atoms with Crippen molar-refractivity contribution in [3.8, 4) is 0 Å². The Labute approximate surface area is 100 Å². The van der Waals surface area contributed by atoms with Crippen molar-refractivity contribution < 1.29 is 4.79 Å². The molecule has 0 aliphatic carbocycles. The lowest BCUT2D eigenvalue weighted by Crippen LogP contribution is -2.31. The van der Waals surface area contributed by atoms with Gasteiger partial charge in [0.1, 0.15) is 0 Å². The van der Waals surface area contributed by atoms with Crippen LogP contribution in [0.2, 0.25) is 0 Å². The van der Waals surface area contributed by atoms with Crippen LogP contribution in [0.1, 0.15) is 40.5 Å². The number of amides is 1. The zero-order chi connectivity index (χ0) is 12.6. The second kappa shape index (κ2) is 8.57. The van der Waals surface area contributed by atoms with E-state index < -0.39 is 0 Å². The second-order valence-corrected chi connectivity index (χ2v) is 5.13. The maximum atomic E-state index is 11.0. The molecule has 2 N–H and O–H groups in total. The van der Waals surface area contributed by atoms with Gasteiger partial charge in [0, 0.05) is 13.5 Å². The molecule has 1 amide bonds. The highest BCUT2D eigenvalue weighted by atomic mass is 16.1. The zero-order valence-electron chi connectivity index (χ0n) is 11.5. The summed E-state index contributed by atoms with van der Waals surface area (Å²) in [5, 5.41) is 6.08. The second-order valence-electron chi connectivity index (χ2n) is 5.13. The van der Waals surface area contributed by atoms with Crippen LogP contribution in [-0.2, 0) is 4.79 Å². The first kappa shape index (κ1) is 15.4. The van der Waals surface area contributed by atoms with E-state index in [4.69, 9.17) is 0 Å². The van der Waals surface area contributed by atoms with Gasteiger partial charge in [0.15, 0.2) is 0 Å². The zero-order valence-corrected chi connectivity index (χ0v) is 11.5. The summed E-state index contributed by atoms with van der Waals surface area (Å²) in [5.74, 6) is 2.28. The quantitative estimate of drug-likeness (QED) is 0.624. The van der Waals surface area contributed by atoms with Gasteiger partial charge in [0.05, 0.1) is 0 Å². The van der Waals surface area contributed by atoms with Crippen LogP contribution in [0.25, 0.3) is 0 Å². The summed E-state index contributed by atoms with van der Waals surface area (Å²) in [5.41, 5.74) is 0. The van der Waals surface area contributed by atoms with Crippen LogP contribution in [0.3, 0.4) is 0 Å². The van der Waals surface area contributed by atoms with E-state index >= 15 is 0 Å². The molecule has 3 nitrogen and oxygen atoms in total. The largest absolute Gasteiger partial charge is 0.359 e. The first-order valence-electron chi connectivity index (χ1n) is 6.40. The van der Waals surface area contributed by atoms with Crippen LogP contribution in [0, 0.1) is 17.8 Å². The first-order valence-corrected chi connectivity index (χ1v) is 6.40. The molecule has 0 saturated heterocycles. The van der Waals surface area contributed by atoms with Gasteiger partial charge in [0.2, 0.25) is 5.91 Å². The minimum atomic E-state index is 0.131. The summed E-state index contributed by atoms with van der Waals surface area (Å²) in [7, 11) is 1.68. The fraction of sp³-hybridized carbons (Fsp3) is 0.923. The monoisotopic (exact) mass is 228 g/mol. The van der Waals surface area contributed by atoms with Crippen molar-refractivity contribution in [3.63, 3.8) is 0 Å². The molecule has 3 heteroatoms. The molecule has 0 spiro atoms. The number of hydrogen-bond donors (Lipinski definition) is 2. The molecule has 0 aliphatic rings. The smallest absolute Gasteiger partial charge is 0.219 e. The van der Waals surface area contributed by atoms with E-state index in [9.17, 15) is 4.79 Å². The van der Waals surface area contributed by atoms with Gasteiger partial charge in [-0.15, -0.1) is 0 Å². The minimum Gasteiger partial charge on any atom is -0.359 e. The average Bonchev–Trinajstić information content (AvgIpc) is 2.21. The van der Waals surface area contributed by atoms with Gasteiger partial charge >= 0.3 is 0 Å². The van der Waals surface area contributed by atoms with Crippen molar-refractivity contribution in [2.24, 2.45) is 17.8 Å². The average molecular weight is 228 g/mol. The van der Waals surface area contributed by atoms with Crippen molar-refractivity contribution in [3.05, 3.63) is 0 Å². The highest BCUT2D eigenvalue weighted by Crippen LogP contribution is 2.19. The highest BCUT2D eigenvalue weighted by molar-refractivity contribution is 5.75. The van der Waals surface area contributed by atoms with Gasteiger partial charge in [-0.25, -0.2) is 0 Å². The predicted octanol–water partition coefficient (Wildman–Crippen LogP) is 2.03. The molecule has 0 aliphatic heterocycles. The Hall–Kier alpha value is -0.570. The minimum absolute atomic E-state index is 0.131. The van der Waals surface area contributed by atoms with Crippen LogP contribution in [-0.4, -0.2) is 26.0 Å². The third-order valence-corrected chi connectivity index (χ3v) is 3.13. The van der Waals surface area contributed by atoms with Crippen LogP contribution >= 0.6 is 0 Å². The molecule has 16 heavy (non-hydrogen) atoms. The first-order chi connectivity index (χ1) is 7.49. The van der Waals surface area contributed by atoms with Gasteiger partial charge < -0.3 is 10.6 Å². The number of carbonyl (C=O) groups is 1. The van der Waals surface area contributed by atoms with E-state index in [0.717, 1.165) is 25.4 Å². The maximum absolute atomic E-state index is 11.0. The van der Waals surface area contributed by atoms with E-state index in [1.54, 1.807) is 7.05 Å². The van der Waals surface area contributed by atoms with Crippen molar-refractivity contribution in [1.82, 2.24) is 10.6 Å². The van der Waals surface area contributed by atoms with Crippen LogP contribution < -0.4 is 10.6 Å². The van der Waals surface area contributed by atoms with E-state index in [2.05, 4.69) is 38.3 Å². The summed E-state index contributed by atoms with van der Waals surface area (Å²) in [6, 6.07) is 0. The Bertz CT molecular complexity index is 182. The molecule has 0 rings (SSSR count). The lowest BCUT2D eigenvalue weighted by molar-refractivity contribution is -0.120. The lowest BCUT2D eigenvalue weighted by atomic mass is 9.85. The van der Waals surface area contributed by atoms with Crippen LogP contribution in [0.4, 0.5) is 0 Å². The Morgan fingerprint density at radius 1 is 1.12 bits per heavy atom. The Kier molecular flexibility index (Phi) is 8.26. The van der Waals surface area contributed by atoms with Gasteiger partial charge in [-0.05, 0) is 37.3 Å². The molecule has 0 saturated carbocycles. The Morgan fingerprint density at radius 3 is 2.12 bits per heavy atom. The van der Waals surface area contributed by atoms with Crippen molar-refractivity contribution in [2.45, 2.75) is 40.5 Å². The molecule has 0 atom stereocenters. The molecule has 0 radical (unpaired) electrons. The normalized spacial score (nSPS) is 11.5. The van der Waals surface area contributed by atoms with E-state index in [1.165, 1.54) is 0 Å². The Balaban J connectivity index is 3.59. The van der Waals surface area contributed by atoms with Crippen LogP contribution in [0.15, 0.2) is 0 Å². The Morgan fingerprint density at radius 2 is 1.69 bits per heavy atom. The molecule has 0 aromatic heterocycles. The number of rotatable bonds is 8. The van der Waals surface area contributed by atoms with Gasteiger partial charge in [-0.2, -0.15) is 0 Å². The van der Waals surface area contributed by atoms with E-state index in [1.807, 2.05) is 0 Å². The lowest BCUT2D eigenvalue weighted by Gasteiger charge is -2.25. The molecule has 0 fully saturated rings. The standard InChI is InChI=1S/C13H28N2O/c1-10(2)12(11(3)4)9-15-8-6-7-13(16)14-5/h10-12,15H,6-9H2,1-5H3,(H,14,16). The summed E-state index contributed by atoms with van der Waals surface area (Å²) >= 11 is 0. The molecule has 96 valence electrons. The molecule has 0 unspecified atom stereocenters. The van der Waals surface area contributed by atoms with Crippen molar-refractivity contribution in [1.29, 1.82) is 0 Å². The van der Waals surface area contributed by atoms with Crippen molar-refractivity contribution >= 4 is 5.91 Å². The molecule has 0 heterocycles. The summed E-state index contributed by atoms with van der Waals surface area (Å²) in [4.78, 5) is 11.0.